The summed E-state index contributed by atoms with van der Waals surface area (Å²) < 4.78 is 48.1. The van der Waals surface area contributed by atoms with Crippen molar-refractivity contribution in [3.05, 3.63) is 58.7 Å². The summed E-state index contributed by atoms with van der Waals surface area (Å²) in [7, 11) is 3.02. The highest BCUT2D eigenvalue weighted by molar-refractivity contribution is 5.95. The number of carbonyl (C=O) groups excluding carboxylic acids is 1. The second-order valence-corrected chi connectivity index (χ2v) is 5.71. The minimum absolute atomic E-state index is 0.294. The maximum atomic E-state index is 12.5. The highest BCUT2D eigenvalue weighted by Gasteiger charge is 2.29. The highest BCUT2D eigenvalue weighted by Crippen LogP contribution is 2.30. The maximum Gasteiger partial charge on any atom is 0.416 e. The molecule has 0 aromatic heterocycles. The van der Waals surface area contributed by atoms with Crippen molar-refractivity contribution in [1.82, 2.24) is 5.32 Å². The van der Waals surface area contributed by atoms with Crippen LogP contribution in [0.1, 0.15) is 27.0 Å². The van der Waals surface area contributed by atoms with Gasteiger partial charge in [0.15, 0.2) is 0 Å². The van der Waals surface area contributed by atoms with Gasteiger partial charge in [-0.3, -0.25) is 4.79 Å². The molecule has 0 atom stereocenters. The first-order valence-electron chi connectivity index (χ1n) is 7.93. The van der Waals surface area contributed by atoms with Crippen LogP contribution in [0.15, 0.2) is 36.4 Å². The van der Waals surface area contributed by atoms with Crippen molar-refractivity contribution < 1.29 is 27.4 Å². The molecule has 4 nitrogen and oxygen atoms in total. The first kappa shape index (κ1) is 19.6. The standard InChI is InChI=1S/C19H20F3NO3/c1-12-16(25-2)10-14(11-17(12)26-3)18(24)23-9-8-13-4-6-15(7-5-13)19(20,21)22/h4-7,10-11H,8-9H2,1-3H3,(H,23,24). The van der Waals surface area contributed by atoms with Crippen molar-refractivity contribution in [3.63, 3.8) is 0 Å². The average molecular weight is 367 g/mol. The van der Waals surface area contributed by atoms with Crippen LogP contribution >= 0.6 is 0 Å². The number of carbonyl (C=O) groups is 1. The van der Waals surface area contributed by atoms with Gasteiger partial charge in [0, 0.05) is 17.7 Å². The summed E-state index contributed by atoms with van der Waals surface area (Å²) in [4.78, 5) is 12.3. The van der Waals surface area contributed by atoms with Gasteiger partial charge in [-0.1, -0.05) is 12.1 Å². The lowest BCUT2D eigenvalue weighted by molar-refractivity contribution is -0.137. The van der Waals surface area contributed by atoms with Crippen molar-refractivity contribution in [3.8, 4) is 11.5 Å². The molecule has 0 aliphatic rings. The zero-order valence-corrected chi connectivity index (χ0v) is 14.7. The monoisotopic (exact) mass is 367 g/mol. The predicted octanol–water partition coefficient (Wildman–Crippen LogP) is 4.00. The Kier molecular flexibility index (Phi) is 6.13. The second-order valence-electron chi connectivity index (χ2n) is 5.71. The third-order valence-corrected chi connectivity index (χ3v) is 3.99. The van der Waals surface area contributed by atoms with E-state index in [4.69, 9.17) is 9.47 Å². The van der Waals surface area contributed by atoms with E-state index in [0.717, 1.165) is 17.7 Å². The average Bonchev–Trinajstić information content (AvgIpc) is 2.61. The van der Waals surface area contributed by atoms with Crippen LogP contribution in [0.5, 0.6) is 11.5 Å². The van der Waals surface area contributed by atoms with E-state index in [1.807, 2.05) is 6.92 Å². The molecule has 2 aromatic rings. The van der Waals surface area contributed by atoms with E-state index < -0.39 is 11.7 Å². The fourth-order valence-electron chi connectivity index (χ4n) is 2.50. The second kappa shape index (κ2) is 8.12. The van der Waals surface area contributed by atoms with Crippen LogP contribution in [-0.2, 0) is 12.6 Å². The van der Waals surface area contributed by atoms with Gasteiger partial charge in [0.25, 0.3) is 5.91 Å². The summed E-state index contributed by atoms with van der Waals surface area (Å²) in [5.74, 6) is 0.767. The van der Waals surface area contributed by atoms with Gasteiger partial charge in [-0.05, 0) is 43.2 Å². The lowest BCUT2D eigenvalue weighted by Gasteiger charge is -2.13. The van der Waals surface area contributed by atoms with E-state index in [0.29, 0.717) is 35.6 Å². The molecule has 7 heteroatoms. The van der Waals surface area contributed by atoms with Gasteiger partial charge in [0.2, 0.25) is 0 Å². The molecule has 140 valence electrons. The molecule has 0 heterocycles. The topological polar surface area (TPSA) is 47.6 Å². The minimum atomic E-state index is -4.35. The molecule has 1 amide bonds. The van der Waals surface area contributed by atoms with Gasteiger partial charge in [-0.15, -0.1) is 0 Å². The molecule has 0 fully saturated rings. The molecule has 1 N–H and O–H groups in total. The Morgan fingerprint density at radius 1 is 1.04 bits per heavy atom. The lowest BCUT2D eigenvalue weighted by atomic mass is 10.1. The molecular formula is C19H20F3NO3. The quantitative estimate of drug-likeness (QED) is 0.839. The summed E-state index contributed by atoms with van der Waals surface area (Å²) in [6.07, 6.45) is -3.93. The van der Waals surface area contributed by atoms with Gasteiger partial charge in [-0.2, -0.15) is 13.2 Å². The summed E-state index contributed by atoms with van der Waals surface area (Å²) in [6, 6.07) is 8.12. The fourth-order valence-corrected chi connectivity index (χ4v) is 2.50. The minimum Gasteiger partial charge on any atom is -0.496 e. The number of rotatable bonds is 6. The Morgan fingerprint density at radius 2 is 1.58 bits per heavy atom. The number of ether oxygens (including phenoxy) is 2. The van der Waals surface area contributed by atoms with Gasteiger partial charge >= 0.3 is 6.18 Å². The number of hydrogen-bond donors (Lipinski definition) is 1. The predicted molar refractivity (Wildman–Crippen MR) is 91.8 cm³/mol. The number of amides is 1. The maximum absolute atomic E-state index is 12.5. The van der Waals surface area contributed by atoms with E-state index in [1.54, 1.807) is 12.1 Å². The Morgan fingerprint density at radius 3 is 2.04 bits per heavy atom. The lowest BCUT2D eigenvalue weighted by Crippen LogP contribution is -2.25. The Balaban J connectivity index is 1.99. The molecule has 0 unspecified atom stereocenters. The van der Waals surface area contributed by atoms with Gasteiger partial charge < -0.3 is 14.8 Å². The molecule has 0 spiro atoms. The number of hydrogen-bond acceptors (Lipinski definition) is 3. The molecule has 0 radical (unpaired) electrons. The van der Waals surface area contributed by atoms with Gasteiger partial charge in [0.1, 0.15) is 11.5 Å². The largest absolute Gasteiger partial charge is 0.496 e. The SMILES string of the molecule is COc1cc(C(=O)NCCc2ccc(C(F)(F)F)cc2)cc(OC)c1C. The molecule has 0 aliphatic heterocycles. The van der Waals surface area contributed by atoms with E-state index >= 15 is 0 Å². The van der Waals surface area contributed by atoms with Crippen molar-refractivity contribution in [1.29, 1.82) is 0 Å². The molecule has 0 saturated heterocycles. The Labute approximate surface area is 149 Å². The summed E-state index contributed by atoms with van der Waals surface area (Å²) in [6.45, 7) is 2.12. The van der Waals surface area contributed by atoms with Crippen molar-refractivity contribution >= 4 is 5.91 Å². The van der Waals surface area contributed by atoms with E-state index in [9.17, 15) is 18.0 Å². The van der Waals surface area contributed by atoms with Crippen LogP contribution in [0.25, 0.3) is 0 Å². The van der Waals surface area contributed by atoms with Crippen LogP contribution in [0.4, 0.5) is 13.2 Å². The first-order chi connectivity index (χ1) is 12.3. The zero-order valence-electron chi connectivity index (χ0n) is 14.7. The molecule has 0 saturated carbocycles. The number of benzene rings is 2. The third-order valence-electron chi connectivity index (χ3n) is 3.99. The number of alkyl halides is 3. The van der Waals surface area contributed by atoms with E-state index in [-0.39, 0.29) is 5.91 Å². The number of methoxy groups -OCH3 is 2. The van der Waals surface area contributed by atoms with Crippen molar-refractivity contribution in [2.75, 3.05) is 20.8 Å². The van der Waals surface area contributed by atoms with E-state index in [2.05, 4.69) is 5.32 Å². The first-order valence-corrected chi connectivity index (χ1v) is 7.93. The fraction of sp³-hybridized carbons (Fsp3) is 0.316. The summed E-state index contributed by atoms with van der Waals surface area (Å²) in [5.41, 5.74) is 1.19. The molecule has 0 bridgehead atoms. The van der Waals surface area contributed by atoms with E-state index in [1.165, 1.54) is 26.4 Å². The van der Waals surface area contributed by atoms with Crippen LogP contribution in [0, 0.1) is 6.92 Å². The van der Waals surface area contributed by atoms with Crippen molar-refractivity contribution in [2.45, 2.75) is 19.5 Å². The Bertz CT molecular complexity index is 746. The van der Waals surface area contributed by atoms with Gasteiger partial charge in [0.05, 0.1) is 19.8 Å². The van der Waals surface area contributed by atoms with Crippen LogP contribution in [0.2, 0.25) is 0 Å². The molecule has 26 heavy (non-hydrogen) atoms. The molecular weight excluding hydrogens is 347 g/mol. The number of nitrogens with one attached hydrogen (secondary N) is 1. The van der Waals surface area contributed by atoms with Crippen LogP contribution in [0.3, 0.4) is 0 Å². The normalized spacial score (nSPS) is 11.2. The third kappa shape index (κ3) is 4.68. The molecule has 2 aromatic carbocycles. The van der Waals surface area contributed by atoms with Crippen LogP contribution in [-0.4, -0.2) is 26.7 Å². The molecule has 0 aliphatic carbocycles. The van der Waals surface area contributed by atoms with Crippen LogP contribution < -0.4 is 14.8 Å². The summed E-state index contributed by atoms with van der Waals surface area (Å²) in [5, 5.41) is 2.74. The van der Waals surface area contributed by atoms with Gasteiger partial charge in [-0.25, -0.2) is 0 Å². The van der Waals surface area contributed by atoms with Crippen molar-refractivity contribution in [2.24, 2.45) is 0 Å². The highest BCUT2D eigenvalue weighted by atomic mass is 19.4. The zero-order chi connectivity index (χ0) is 19.3. The molecule has 2 rings (SSSR count). The Hall–Kier alpha value is -2.70. The smallest absolute Gasteiger partial charge is 0.416 e. The number of halogens is 3. The summed E-state index contributed by atoms with van der Waals surface area (Å²) >= 11 is 0.